The maximum atomic E-state index is 13.2. The van der Waals surface area contributed by atoms with E-state index in [1.165, 1.54) is 18.3 Å². The summed E-state index contributed by atoms with van der Waals surface area (Å²) in [6.07, 6.45) is 1.46. The molecule has 0 amide bonds. The van der Waals surface area contributed by atoms with Crippen molar-refractivity contribution < 1.29 is 26.1 Å². The summed E-state index contributed by atoms with van der Waals surface area (Å²) in [5, 5.41) is 0.475. The minimum Gasteiger partial charge on any atom is -0.455 e. The number of hydrogen-bond donors (Lipinski definition) is 2. The van der Waals surface area contributed by atoms with Crippen LogP contribution in [-0.4, -0.2) is 26.4 Å². The smallest absolute Gasteiger partial charge is 0.269 e. The summed E-state index contributed by atoms with van der Waals surface area (Å²) in [7, 11) is -7.94. The molecule has 0 radical (unpaired) electrons. The molecule has 3 aromatic carbocycles. The molecule has 11 heteroatoms. The Labute approximate surface area is 207 Å². The minimum absolute atomic E-state index is 0.133. The SMILES string of the molecule is Cc1ccc(S(=O)(=O)c2c[nH]c3ccc(Oc4c(Br)cc(CS(=O)(=O)O)cc4Br)cc23)cc1. The van der Waals surface area contributed by atoms with Gasteiger partial charge in [-0.15, -0.1) is 0 Å². The normalized spacial score (nSPS) is 12.2. The highest BCUT2D eigenvalue weighted by molar-refractivity contribution is 9.11. The molecule has 4 rings (SSSR count). The van der Waals surface area contributed by atoms with E-state index in [1.807, 2.05) is 6.92 Å². The molecule has 4 aromatic rings. The van der Waals surface area contributed by atoms with Crippen LogP contribution in [0.3, 0.4) is 0 Å². The Hall–Kier alpha value is -2.18. The van der Waals surface area contributed by atoms with E-state index in [1.54, 1.807) is 42.5 Å². The van der Waals surface area contributed by atoms with Gasteiger partial charge in [-0.3, -0.25) is 4.55 Å². The summed E-state index contributed by atoms with van der Waals surface area (Å²) in [5.74, 6) is 0.207. The summed E-state index contributed by atoms with van der Waals surface area (Å²) in [6.45, 7) is 1.89. The van der Waals surface area contributed by atoms with Crippen molar-refractivity contribution in [2.75, 3.05) is 0 Å². The predicted molar refractivity (Wildman–Crippen MR) is 132 cm³/mol. The molecule has 0 fully saturated rings. The van der Waals surface area contributed by atoms with Gasteiger partial charge in [-0.05, 0) is 86.8 Å². The number of sulfone groups is 1. The van der Waals surface area contributed by atoms with E-state index in [0.29, 0.717) is 36.9 Å². The van der Waals surface area contributed by atoms with Gasteiger partial charge in [0.25, 0.3) is 10.1 Å². The van der Waals surface area contributed by atoms with Crippen LogP contribution in [0.1, 0.15) is 11.1 Å². The van der Waals surface area contributed by atoms with Gasteiger partial charge in [0.2, 0.25) is 9.84 Å². The third-order valence-corrected chi connectivity index (χ3v) is 8.55. The Morgan fingerprint density at radius 1 is 0.939 bits per heavy atom. The van der Waals surface area contributed by atoms with Crippen LogP contribution in [0.15, 0.2) is 79.5 Å². The highest BCUT2D eigenvalue weighted by atomic mass is 79.9. The highest BCUT2D eigenvalue weighted by Gasteiger charge is 2.22. The monoisotopic (exact) mass is 613 g/mol. The fourth-order valence-electron chi connectivity index (χ4n) is 3.33. The maximum Gasteiger partial charge on any atom is 0.269 e. The standard InChI is InChI=1S/C22H17Br2NO6S2/c1-13-2-5-16(6-3-13)33(29,30)21-11-25-20-7-4-15(10-17(20)21)31-22-18(23)8-14(9-19(22)24)12-32(26,27)28/h2-11,25H,12H2,1H3,(H,26,27,28). The first-order valence-electron chi connectivity index (χ1n) is 9.48. The van der Waals surface area contributed by atoms with E-state index < -0.39 is 25.7 Å². The van der Waals surface area contributed by atoms with Gasteiger partial charge in [-0.2, -0.15) is 8.42 Å². The Bertz CT molecular complexity index is 1550. The lowest BCUT2D eigenvalue weighted by Crippen LogP contribution is -2.02. The van der Waals surface area contributed by atoms with Gasteiger partial charge in [0.05, 0.1) is 18.7 Å². The van der Waals surface area contributed by atoms with Crippen molar-refractivity contribution in [3.05, 3.63) is 80.9 Å². The lowest BCUT2D eigenvalue weighted by Gasteiger charge is -2.12. The van der Waals surface area contributed by atoms with Crippen LogP contribution in [0.4, 0.5) is 0 Å². The highest BCUT2D eigenvalue weighted by Crippen LogP contribution is 2.39. The molecule has 1 aromatic heterocycles. The molecule has 0 aliphatic carbocycles. The summed E-state index contributed by atoms with van der Waals surface area (Å²) in [5.41, 5.74) is 1.95. The second kappa shape index (κ2) is 8.88. The van der Waals surface area contributed by atoms with Gasteiger partial charge in [0.1, 0.15) is 11.5 Å². The Morgan fingerprint density at radius 3 is 2.18 bits per heavy atom. The first-order chi connectivity index (χ1) is 15.4. The number of halogens is 2. The third-order valence-electron chi connectivity index (χ3n) is 4.86. The van der Waals surface area contributed by atoms with Crippen molar-refractivity contribution >= 4 is 62.7 Å². The van der Waals surface area contributed by atoms with Gasteiger partial charge in [-0.1, -0.05) is 17.7 Å². The topological polar surface area (TPSA) is 114 Å². The summed E-state index contributed by atoms with van der Waals surface area (Å²) in [4.78, 5) is 3.31. The zero-order valence-corrected chi connectivity index (χ0v) is 21.8. The molecule has 1 heterocycles. The first-order valence-corrected chi connectivity index (χ1v) is 14.2. The molecule has 0 saturated heterocycles. The van der Waals surface area contributed by atoms with Crippen LogP contribution >= 0.6 is 31.9 Å². The van der Waals surface area contributed by atoms with E-state index in [2.05, 4.69) is 36.8 Å². The fourth-order valence-corrected chi connectivity index (χ4v) is 6.78. The lowest BCUT2D eigenvalue weighted by molar-refractivity contribution is 0.475. The number of nitrogens with one attached hydrogen (secondary N) is 1. The fraction of sp³-hybridized carbons (Fsp3) is 0.0909. The molecule has 172 valence electrons. The molecule has 0 aliphatic heterocycles. The number of H-pyrrole nitrogens is 1. The summed E-state index contributed by atoms with van der Waals surface area (Å²) in [6, 6.07) is 14.7. The van der Waals surface area contributed by atoms with Crippen LogP contribution < -0.4 is 4.74 Å². The molecular formula is C22H17Br2NO6S2. The maximum absolute atomic E-state index is 13.2. The van der Waals surface area contributed by atoms with Crippen LogP contribution in [-0.2, 0) is 25.7 Å². The average molecular weight is 615 g/mol. The van der Waals surface area contributed by atoms with E-state index in [4.69, 9.17) is 9.29 Å². The molecule has 0 atom stereocenters. The van der Waals surface area contributed by atoms with Crippen LogP contribution in [0.2, 0.25) is 0 Å². The van der Waals surface area contributed by atoms with Crippen LogP contribution in [0.25, 0.3) is 10.9 Å². The average Bonchev–Trinajstić information content (AvgIpc) is 3.14. The number of hydrogen-bond acceptors (Lipinski definition) is 5. The molecule has 0 unspecified atom stereocenters. The van der Waals surface area contributed by atoms with Gasteiger partial charge in [-0.25, -0.2) is 8.42 Å². The Morgan fingerprint density at radius 2 is 1.58 bits per heavy atom. The molecule has 33 heavy (non-hydrogen) atoms. The molecular weight excluding hydrogens is 598 g/mol. The number of ether oxygens (including phenoxy) is 1. The molecule has 2 N–H and O–H groups in total. The van der Waals surface area contributed by atoms with Gasteiger partial charge >= 0.3 is 0 Å². The van der Waals surface area contributed by atoms with Gasteiger partial charge in [0.15, 0.2) is 5.75 Å². The van der Waals surface area contributed by atoms with Crippen molar-refractivity contribution in [3.63, 3.8) is 0 Å². The third kappa shape index (κ3) is 5.17. The van der Waals surface area contributed by atoms with Gasteiger partial charge < -0.3 is 9.72 Å². The lowest BCUT2D eigenvalue weighted by atomic mass is 10.2. The van der Waals surface area contributed by atoms with E-state index in [9.17, 15) is 16.8 Å². The van der Waals surface area contributed by atoms with E-state index in [-0.39, 0.29) is 9.79 Å². The number of aromatic nitrogens is 1. The first kappa shape index (κ1) is 24.0. The van der Waals surface area contributed by atoms with E-state index in [0.717, 1.165) is 5.56 Å². The molecule has 7 nitrogen and oxygen atoms in total. The number of fused-ring (bicyclic) bond motifs is 1. The molecule has 0 spiro atoms. The number of aromatic amines is 1. The zero-order chi connectivity index (χ0) is 24.0. The van der Waals surface area contributed by atoms with Gasteiger partial charge in [0, 0.05) is 17.1 Å². The number of rotatable bonds is 6. The zero-order valence-electron chi connectivity index (χ0n) is 17.0. The van der Waals surface area contributed by atoms with Crippen molar-refractivity contribution in [2.45, 2.75) is 22.5 Å². The minimum atomic E-state index is -4.19. The predicted octanol–water partition coefficient (Wildman–Crippen LogP) is 6.01. The van der Waals surface area contributed by atoms with Crippen molar-refractivity contribution in [3.8, 4) is 11.5 Å². The second-order valence-electron chi connectivity index (χ2n) is 7.39. The van der Waals surface area contributed by atoms with Crippen molar-refractivity contribution in [2.24, 2.45) is 0 Å². The van der Waals surface area contributed by atoms with Crippen molar-refractivity contribution in [1.82, 2.24) is 4.98 Å². The molecule has 0 bridgehead atoms. The van der Waals surface area contributed by atoms with E-state index >= 15 is 0 Å². The summed E-state index contributed by atoms with van der Waals surface area (Å²) >= 11 is 6.71. The molecule has 0 saturated carbocycles. The Kier molecular flexibility index (Phi) is 6.45. The summed E-state index contributed by atoms with van der Waals surface area (Å²) < 4.78 is 64.7. The van der Waals surface area contributed by atoms with Crippen LogP contribution in [0.5, 0.6) is 11.5 Å². The van der Waals surface area contributed by atoms with Crippen molar-refractivity contribution in [1.29, 1.82) is 0 Å². The largest absolute Gasteiger partial charge is 0.455 e. The van der Waals surface area contributed by atoms with Crippen LogP contribution in [0, 0.1) is 6.92 Å². The molecule has 0 aliphatic rings. The Balaban J connectivity index is 1.72. The quantitative estimate of drug-likeness (QED) is 0.257. The number of aryl methyl sites for hydroxylation is 1. The number of benzene rings is 3. The second-order valence-corrected chi connectivity index (χ2v) is 12.5.